The summed E-state index contributed by atoms with van der Waals surface area (Å²) in [6, 6.07) is 15.9. The van der Waals surface area contributed by atoms with Gasteiger partial charge in [-0.2, -0.15) is 5.10 Å². The van der Waals surface area contributed by atoms with Crippen LogP contribution >= 0.6 is 0 Å². The van der Waals surface area contributed by atoms with Gasteiger partial charge in [-0.05, 0) is 37.1 Å². The smallest absolute Gasteiger partial charge is 0.407 e. The number of hydrazone groups is 1. The Bertz CT molecular complexity index is 793. The van der Waals surface area contributed by atoms with Crippen molar-refractivity contribution >= 4 is 18.2 Å². The number of carbonyl (C=O) groups excluding carboxylic acids is 2. The SMILES string of the molecule is CCOC(=O)N[C@@H](Cc1ccccc1)C(=O)N/N=C\c1cccc(OCC)c1. The molecule has 0 fully saturated rings. The van der Waals surface area contributed by atoms with Gasteiger partial charge in [-0.25, -0.2) is 10.2 Å². The van der Waals surface area contributed by atoms with Crippen LogP contribution in [0.25, 0.3) is 0 Å². The molecule has 0 radical (unpaired) electrons. The highest BCUT2D eigenvalue weighted by molar-refractivity contribution is 5.87. The molecule has 0 aromatic heterocycles. The highest BCUT2D eigenvalue weighted by Gasteiger charge is 2.21. The number of benzene rings is 2. The first-order valence-corrected chi connectivity index (χ1v) is 9.15. The van der Waals surface area contributed by atoms with Crippen LogP contribution < -0.4 is 15.5 Å². The van der Waals surface area contributed by atoms with E-state index >= 15 is 0 Å². The van der Waals surface area contributed by atoms with Crippen LogP contribution in [0.5, 0.6) is 5.75 Å². The van der Waals surface area contributed by atoms with Crippen molar-refractivity contribution in [2.75, 3.05) is 13.2 Å². The van der Waals surface area contributed by atoms with Crippen molar-refractivity contribution in [3.63, 3.8) is 0 Å². The second-order valence-electron chi connectivity index (χ2n) is 5.85. The molecule has 0 aliphatic rings. The van der Waals surface area contributed by atoms with Gasteiger partial charge in [0.1, 0.15) is 11.8 Å². The topological polar surface area (TPSA) is 89.0 Å². The maximum Gasteiger partial charge on any atom is 0.407 e. The Labute approximate surface area is 164 Å². The van der Waals surface area contributed by atoms with E-state index in [2.05, 4.69) is 15.8 Å². The third kappa shape index (κ3) is 7.11. The quantitative estimate of drug-likeness (QED) is 0.515. The van der Waals surface area contributed by atoms with Crippen LogP contribution in [-0.2, 0) is 16.0 Å². The zero-order valence-corrected chi connectivity index (χ0v) is 16.1. The Morgan fingerprint density at radius 3 is 2.57 bits per heavy atom. The largest absolute Gasteiger partial charge is 0.494 e. The molecule has 0 saturated heterocycles. The van der Waals surface area contributed by atoms with Gasteiger partial charge in [0.15, 0.2) is 0 Å². The van der Waals surface area contributed by atoms with Crippen molar-refractivity contribution in [2.45, 2.75) is 26.3 Å². The molecule has 0 unspecified atom stereocenters. The second-order valence-corrected chi connectivity index (χ2v) is 5.85. The lowest BCUT2D eigenvalue weighted by Gasteiger charge is -2.16. The molecule has 28 heavy (non-hydrogen) atoms. The van der Waals surface area contributed by atoms with E-state index < -0.39 is 18.0 Å². The Hall–Kier alpha value is -3.35. The maximum absolute atomic E-state index is 12.5. The molecule has 7 heteroatoms. The maximum atomic E-state index is 12.5. The fraction of sp³-hybridized carbons (Fsp3) is 0.286. The van der Waals surface area contributed by atoms with Crippen molar-refractivity contribution in [1.82, 2.24) is 10.7 Å². The summed E-state index contributed by atoms with van der Waals surface area (Å²) < 4.78 is 10.3. The number of hydrogen-bond donors (Lipinski definition) is 2. The summed E-state index contributed by atoms with van der Waals surface area (Å²) in [5.74, 6) is 0.290. The summed E-state index contributed by atoms with van der Waals surface area (Å²) in [7, 11) is 0. The Kier molecular flexibility index (Phi) is 8.52. The third-order valence-corrected chi connectivity index (χ3v) is 3.72. The molecule has 2 rings (SSSR count). The molecule has 2 aromatic rings. The summed E-state index contributed by atoms with van der Waals surface area (Å²) in [4.78, 5) is 24.3. The van der Waals surface area contributed by atoms with Crippen LogP contribution in [0, 0.1) is 0 Å². The van der Waals surface area contributed by atoms with E-state index in [1.807, 2.05) is 61.5 Å². The number of nitrogens with one attached hydrogen (secondary N) is 2. The van der Waals surface area contributed by atoms with Crippen molar-refractivity contribution in [1.29, 1.82) is 0 Å². The second kappa shape index (κ2) is 11.4. The van der Waals surface area contributed by atoms with Gasteiger partial charge in [0, 0.05) is 6.42 Å². The summed E-state index contributed by atoms with van der Waals surface area (Å²) in [6.07, 6.45) is 1.19. The van der Waals surface area contributed by atoms with Gasteiger partial charge in [0.25, 0.3) is 5.91 Å². The number of carbonyl (C=O) groups is 2. The fourth-order valence-electron chi connectivity index (χ4n) is 2.47. The predicted molar refractivity (Wildman–Crippen MR) is 107 cm³/mol. The third-order valence-electron chi connectivity index (χ3n) is 3.72. The minimum atomic E-state index is -0.812. The van der Waals surface area contributed by atoms with Crippen LogP contribution in [0.4, 0.5) is 4.79 Å². The minimum absolute atomic E-state index is 0.222. The Balaban J connectivity index is 2.02. The van der Waals surface area contributed by atoms with Gasteiger partial charge in [0.2, 0.25) is 0 Å². The van der Waals surface area contributed by atoms with Crippen molar-refractivity contribution in [3.05, 3.63) is 65.7 Å². The minimum Gasteiger partial charge on any atom is -0.494 e. The van der Waals surface area contributed by atoms with Crippen LogP contribution in [0.3, 0.4) is 0 Å². The van der Waals surface area contributed by atoms with E-state index in [0.29, 0.717) is 13.0 Å². The van der Waals surface area contributed by atoms with Gasteiger partial charge < -0.3 is 14.8 Å². The molecular weight excluding hydrogens is 358 g/mol. The lowest BCUT2D eigenvalue weighted by molar-refractivity contribution is -0.123. The molecule has 0 heterocycles. The molecule has 0 bridgehead atoms. The molecule has 0 aliphatic carbocycles. The predicted octanol–water partition coefficient (Wildman–Crippen LogP) is 2.89. The van der Waals surface area contributed by atoms with E-state index in [4.69, 9.17) is 9.47 Å². The first kappa shape index (κ1) is 21.0. The average Bonchev–Trinajstić information content (AvgIpc) is 2.69. The summed E-state index contributed by atoms with van der Waals surface area (Å²) >= 11 is 0. The average molecular weight is 383 g/mol. The molecule has 0 saturated carbocycles. The first-order chi connectivity index (χ1) is 13.6. The number of alkyl carbamates (subject to hydrolysis) is 1. The van der Waals surface area contributed by atoms with Crippen LogP contribution in [-0.4, -0.2) is 37.5 Å². The van der Waals surface area contributed by atoms with E-state index in [1.54, 1.807) is 6.92 Å². The molecule has 0 aliphatic heterocycles. The molecule has 1 atom stereocenters. The van der Waals surface area contributed by atoms with Crippen molar-refractivity contribution < 1.29 is 19.1 Å². The molecule has 7 nitrogen and oxygen atoms in total. The molecule has 2 amide bonds. The Morgan fingerprint density at radius 1 is 1.07 bits per heavy atom. The van der Waals surface area contributed by atoms with Crippen molar-refractivity contribution in [2.24, 2.45) is 5.10 Å². The normalized spacial score (nSPS) is 11.6. The number of rotatable bonds is 9. The highest BCUT2D eigenvalue weighted by Crippen LogP contribution is 2.11. The highest BCUT2D eigenvalue weighted by atomic mass is 16.5. The monoisotopic (exact) mass is 383 g/mol. The van der Waals surface area contributed by atoms with E-state index in [-0.39, 0.29) is 6.61 Å². The number of hydrogen-bond acceptors (Lipinski definition) is 5. The van der Waals surface area contributed by atoms with E-state index in [1.165, 1.54) is 6.21 Å². The molecule has 2 N–H and O–H groups in total. The summed E-state index contributed by atoms with van der Waals surface area (Å²) in [6.45, 7) is 4.40. The molecule has 148 valence electrons. The number of ether oxygens (including phenoxy) is 2. The van der Waals surface area contributed by atoms with E-state index in [0.717, 1.165) is 16.9 Å². The van der Waals surface area contributed by atoms with Gasteiger partial charge in [-0.3, -0.25) is 4.79 Å². The first-order valence-electron chi connectivity index (χ1n) is 9.15. The van der Waals surface area contributed by atoms with Gasteiger partial charge in [0.05, 0.1) is 19.4 Å². The molecular formula is C21H25N3O4. The zero-order valence-electron chi connectivity index (χ0n) is 16.1. The lowest BCUT2D eigenvalue weighted by Crippen LogP contribution is -2.47. The standard InChI is InChI=1S/C21H25N3O4/c1-3-27-18-12-8-11-17(13-18)15-22-24-20(25)19(23-21(26)28-4-2)14-16-9-6-5-7-10-16/h5-13,15,19H,3-4,14H2,1-2H3,(H,23,26)(H,24,25)/b22-15-/t19-/m0/s1. The van der Waals surface area contributed by atoms with Crippen LogP contribution in [0.2, 0.25) is 0 Å². The summed E-state index contributed by atoms with van der Waals surface area (Å²) in [5.41, 5.74) is 4.16. The zero-order chi connectivity index (χ0) is 20.2. The van der Waals surface area contributed by atoms with Gasteiger partial charge >= 0.3 is 6.09 Å². The van der Waals surface area contributed by atoms with Gasteiger partial charge in [-0.15, -0.1) is 0 Å². The molecule has 2 aromatic carbocycles. The fourth-order valence-corrected chi connectivity index (χ4v) is 2.47. The Morgan fingerprint density at radius 2 is 1.86 bits per heavy atom. The number of nitrogens with zero attached hydrogens (tertiary/aromatic N) is 1. The molecule has 0 spiro atoms. The lowest BCUT2D eigenvalue weighted by atomic mass is 10.1. The van der Waals surface area contributed by atoms with Crippen molar-refractivity contribution in [3.8, 4) is 5.75 Å². The van der Waals surface area contributed by atoms with Crippen LogP contribution in [0.15, 0.2) is 59.7 Å². The number of amides is 2. The van der Waals surface area contributed by atoms with Gasteiger partial charge in [-0.1, -0.05) is 42.5 Å². The van der Waals surface area contributed by atoms with E-state index in [9.17, 15) is 9.59 Å². The van der Waals surface area contributed by atoms with Crippen LogP contribution in [0.1, 0.15) is 25.0 Å². The summed E-state index contributed by atoms with van der Waals surface area (Å²) in [5, 5.41) is 6.56.